The Labute approximate surface area is 81.6 Å². The van der Waals surface area contributed by atoms with Gasteiger partial charge in [-0.3, -0.25) is 0 Å². The topological polar surface area (TPSA) is 60.2 Å². The lowest BCUT2D eigenvalue weighted by Crippen LogP contribution is -2.08. The third kappa shape index (κ3) is 4.85. The van der Waals surface area contributed by atoms with Crippen LogP contribution in [0.15, 0.2) is 24.3 Å². The number of thiocarbonyl (C=S) groups is 1. The summed E-state index contributed by atoms with van der Waals surface area (Å²) >= 11 is 4.78. The average molecular weight is 195 g/mol. The van der Waals surface area contributed by atoms with Crippen molar-refractivity contribution in [1.82, 2.24) is 0 Å². The van der Waals surface area contributed by atoms with Crippen LogP contribution < -0.4 is 5.73 Å². The molecule has 0 spiro atoms. The normalized spacial score (nSPS) is 7.77. The molecule has 4 heteroatoms. The van der Waals surface area contributed by atoms with Crippen molar-refractivity contribution in [3.63, 3.8) is 0 Å². The van der Waals surface area contributed by atoms with E-state index >= 15 is 0 Å². The number of benzene rings is 1. The lowest BCUT2D eigenvalue weighted by atomic mass is 10.1. The molecule has 0 radical (unpaired) electrons. The van der Waals surface area contributed by atoms with Gasteiger partial charge in [-0.15, -0.1) is 0 Å². The van der Waals surface area contributed by atoms with E-state index in [9.17, 15) is 0 Å². The maximum Gasteiger partial charge on any atom is 0.373 e. The molecule has 13 heavy (non-hydrogen) atoms. The van der Waals surface area contributed by atoms with Crippen molar-refractivity contribution in [3.8, 4) is 0 Å². The van der Waals surface area contributed by atoms with Gasteiger partial charge in [-0.2, -0.15) is 9.59 Å². The summed E-state index contributed by atoms with van der Waals surface area (Å²) in [6.45, 7) is 2.03. The van der Waals surface area contributed by atoms with E-state index in [-0.39, 0.29) is 6.15 Å². The number of hydrogen-bond acceptors (Lipinski definition) is 3. The van der Waals surface area contributed by atoms with Gasteiger partial charge in [0.25, 0.3) is 0 Å². The van der Waals surface area contributed by atoms with Crippen LogP contribution in [0.5, 0.6) is 0 Å². The van der Waals surface area contributed by atoms with Gasteiger partial charge in [-0.1, -0.05) is 42.0 Å². The SMILES string of the molecule is Cc1ccc(C(N)=S)cc1.O=C=O. The van der Waals surface area contributed by atoms with Gasteiger partial charge < -0.3 is 5.73 Å². The summed E-state index contributed by atoms with van der Waals surface area (Å²) in [5, 5.41) is 0. The minimum absolute atomic E-state index is 0.250. The van der Waals surface area contributed by atoms with E-state index < -0.39 is 0 Å². The summed E-state index contributed by atoms with van der Waals surface area (Å²) in [7, 11) is 0. The lowest BCUT2D eigenvalue weighted by molar-refractivity contribution is -0.191. The Morgan fingerprint density at radius 2 is 1.69 bits per heavy atom. The van der Waals surface area contributed by atoms with Crippen LogP contribution in [0.3, 0.4) is 0 Å². The second-order valence-corrected chi connectivity index (χ2v) is 2.75. The highest BCUT2D eigenvalue weighted by atomic mass is 32.1. The zero-order valence-corrected chi connectivity index (χ0v) is 7.93. The van der Waals surface area contributed by atoms with E-state index in [0.717, 1.165) is 5.56 Å². The van der Waals surface area contributed by atoms with Gasteiger partial charge in [-0.25, -0.2) is 0 Å². The number of nitrogens with two attached hydrogens (primary N) is 1. The summed E-state index contributed by atoms with van der Waals surface area (Å²) in [4.78, 5) is 16.7. The first-order valence-corrected chi connectivity index (χ1v) is 3.88. The van der Waals surface area contributed by atoms with Crippen LogP contribution in [0.2, 0.25) is 0 Å². The first-order chi connectivity index (χ1) is 6.11. The van der Waals surface area contributed by atoms with E-state index in [1.807, 2.05) is 31.2 Å². The standard InChI is InChI=1S/C8H9NS.CO2/c1-6-2-4-7(5-3-6)8(9)10;2-1-3/h2-5H,1H3,(H2,9,10);. The smallest absolute Gasteiger partial charge is 0.373 e. The highest BCUT2D eigenvalue weighted by Crippen LogP contribution is 2.01. The molecule has 1 rings (SSSR count). The quantitative estimate of drug-likeness (QED) is 0.680. The summed E-state index contributed by atoms with van der Waals surface area (Å²) in [6.07, 6.45) is 0.250. The molecule has 0 saturated heterocycles. The monoisotopic (exact) mass is 195 g/mol. The molecule has 68 valence electrons. The number of rotatable bonds is 1. The second kappa shape index (κ2) is 6.06. The number of aryl methyl sites for hydroxylation is 1. The Balaban J connectivity index is 0.000000424. The molecule has 3 nitrogen and oxygen atoms in total. The molecule has 0 saturated carbocycles. The molecule has 2 N–H and O–H groups in total. The third-order valence-corrected chi connectivity index (χ3v) is 1.57. The van der Waals surface area contributed by atoms with Crippen LogP contribution in [-0.4, -0.2) is 11.1 Å². The zero-order valence-electron chi connectivity index (χ0n) is 7.11. The van der Waals surface area contributed by atoms with E-state index in [4.69, 9.17) is 27.5 Å². The molecule has 0 aliphatic heterocycles. The van der Waals surface area contributed by atoms with Gasteiger partial charge in [0, 0.05) is 5.56 Å². The van der Waals surface area contributed by atoms with Crippen molar-refractivity contribution < 1.29 is 9.59 Å². The Bertz CT molecular complexity index is 313. The number of carbonyl (C=O) groups excluding carboxylic acids is 2. The third-order valence-electron chi connectivity index (χ3n) is 1.34. The predicted octanol–water partition coefficient (Wildman–Crippen LogP) is 1.05. The summed E-state index contributed by atoms with van der Waals surface area (Å²) < 4.78 is 0. The minimum Gasteiger partial charge on any atom is -0.389 e. The van der Waals surface area contributed by atoms with E-state index in [1.54, 1.807) is 0 Å². The van der Waals surface area contributed by atoms with E-state index in [1.165, 1.54) is 5.56 Å². The molecular formula is C9H9NO2S. The number of hydrogen-bond donors (Lipinski definition) is 1. The fourth-order valence-electron chi connectivity index (χ4n) is 0.718. The van der Waals surface area contributed by atoms with Crippen molar-refractivity contribution in [2.45, 2.75) is 6.92 Å². The second-order valence-electron chi connectivity index (χ2n) is 2.31. The van der Waals surface area contributed by atoms with Crippen molar-refractivity contribution in [1.29, 1.82) is 0 Å². The van der Waals surface area contributed by atoms with Crippen LogP contribution in [0.1, 0.15) is 11.1 Å². The maximum absolute atomic E-state index is 8.12. The van der Waals surface area contributed by atoms with E-state index in [0.29, 0.717) is 4.99 Å². The van der Waals surface area contributed by atoms with Crippen LogP contribution >= 0.6 is 12.2 Å². The van der Waals surface area contributed by atoms with Crippen molar-refractivity contribution in [2.75, 3.05) is 0 Å². The molecule has 1 aromatic carbocycles. The molecule has 0 unspecified atom stereocenters. The first kappa shape index (κ1) is 11.5. The van der Waals surface area contributed by atoms with Crippen molar-refractivity contribution in [3.05, 3.63) is 35.4 Å². The van der Waals surface area contributed by atoms with Crippen molar-refractivity contribution >= 4 is 23.4 Å². The molecule has 1 aromatic rings. The Morgan fingerprint density at radius 3 is 2.00 bits per heavy atom. The van der Waals surface area contributed by atoms with Gasteiger partial charge in [0.05, 0.1) is 0 Å². The molecule has 0 aliphatic carbocycles. The fraction of sp³-hybridized carbons (Fsp3) is 0.111. The van der Waals surface area contributed by atoms with Crippen LogP contribution in [0, 0.1) is 6.92 Å². The van der Waals surface area contributed by atoms with Gasteiger partial charge >= 0.3 is 6.15 Å². The molecule has 0 fully saturated rings. The average Bonchev–Trinajstić information content (AvgIpc) is 2.06. The molecule has 0 amide bonds. The summed E-state index contributed by atoms with van der Waals surface area (Å²) in [6, 6.07) is 7.85. The maximum atomic E-state index is 8.12. The lowest BCUT2D eigenvalue weighted by Gasteiger charge is -1.96. The molecular weight excluding hydrogens is 186 g/mol. The molecule has 0 bridgehead atoms. The fourth-order valence-corrected chi connectivity index (χ4v) is 0.854. The molecule has 0 aliphatic rings. The first-order valence-electron chi connectivity index (χ1n) is 3.47. The van der Waals surface area contributed by atoms with Crippen LogP contribution in [-0.2, 0) is 9.59 Å². The summed E-state index contributed by atoms with van der Waals surface area (Å²) in [5.41, 5.74) is 7.55. The highest BCUT2D eigenvalue weighted by Gasteiger charge is 1.92. The van der Waals surface area contributed by atoms with Gasteiger partial charge in [-0.05, 0) is 6.92 Å². The molecule has 0 atom stereocenters. The van der Waals surface area contributed by atoms with E-state index in [2.05, 4.69) is 0 Å². The zero-order chi connectivity index (χ0) is 10.3. The highest BCUT2D eigenvalue weighted by molar-refractivity contribution is 7.80. The Kier molecular flexibility index (Phi) is 5.35. The van der Waals surface area contributed by atoms with Gasteiger partial charge in [0.15, 0.2) is 0 Å². The Morgan fingerprint density at radius 1 is 1.31 bits per heavy atom. The van der Waals surface area contributed by atoms with Crippen LogP contribution in [0.25, 0.3) is 0 Å². The van der Waals surface area contributed by atoms with Crippen LogP contribution in [0.4, 0.5) is 0 Å². The predicted molar refractivity (Wildman–Crippen MR) is 52.1 cm³/mol. The molecule has 0 aromatic heterocycles. The van der Waals surface area contributed by atoms with Gasteiger partial charge in [0.1, 0.15) is 4.99 Å². The Hall–Kier alpha value is -1.51. The largest absolute Gasteiger partial charge is 0.389 e. The summed E-state index contributed by atoms with van der Waals surface area (Å²) in [5.74, 6) is 0. The minimum atomic E-state index is 0.250. The van der Waals surface area contributed by atoms with Gasteiger partial charge in [0.2, 0.25) is 0 Å². The molecule has 0 heterocycles. The van der Waals surface area contributed by atoms with Crippen molar-refractivity contribution in [2.24, 2.45) is 5.73 Å².